The number of unbranched alkanes of at least 4 members (excludes halogenated alkanes) is 1. The summed E-state index contributed by atoms with van der Waals surface area (Å²) in [6.45, 7) is 4.94. The smallest absolute Gasteiger partial charge is 0.261 e. The lowest BCUT2D eigenvalue weighted by Gasteiger charge is -2.30. The van der Waals surface area contributed by atoms with Crippen molar-refractivity contribution in [3.8, 4) is 5.75 Å². The van der Waals surface area contributed by atoms with Gasteiger partial charge in [-0.15, -0.1) is 0 Å². The van der Waals surface area contributed by atoms with Gasteiger partial charge in [-0.1, -0.05) is 62.2 Å². The fourth-order valence-corrected chi connectivity index (χ4v) is 3.29. The number of nitrogens with zero attached hydrogens (tertiary/aromatic N) is 1. The van der Waals surface area contributed by atoms with Crippen molar-refractivity contribution in [1.29, 1.82) is 0 Å². The molecule has 6 heteroatoms. The van der Waals surface area contributed by atoms with Crippen LogP contribution in [0.25, 0.3) is 0 Å². The van der Waals surface area contributed by atoms with E-state index in [4.69, 9.17) is 16.3 Å². The number of carbonyl (C=O) groups is 2. The summed E-state index contributed by atoms with van der Waals surface area (Å²) in [6, 6.07) is 16.3. The summed E-state index contributed by atoms with van der Waals surface area (Å²) in [7, 11) is 0. The molecule has 0 aromatic heterocycles. The van der Waals surface area contributed by atoms with Crippen molar-refractivity contribution >= 4 is 23.4 Å². The minimum atomic E-state index is -0.521. The fraction of sp³-hybridized carbons (Fsp3) is 0.417. The zero-order valence-corrected chi connectivity index (χ0v) is 18.5. The minimum Gasteiger partial charge on any atom is -0.484 e. The molecule has 0 saturated carbocycles. The molecule has 0 radical (unpaired) electrons. The molecule has 2 aromatic rings. The van der Waals surface area contributed by atoms with Crippen LogP contribution in [-0.2, 0) is 16.0 Å². The second kappa shape index (κ2) is 12.9. The van der Waals surface area contributed by atoms with Gasteiger partial charge in [0.1, 0.15) is 11.8 Å². The molecule has 30 heavy (non-hydrogen) atoms. The number of amides is 2. The minimum absolute atomic E-state index is 0.112. The van der Waals surface area contributed by atoms with Crippen molar-refractivity contribution in [2.75, 3.05) is 19.7 Å². The third-order valence-electron chi connectivity index (χ3n) is 4.88. The molecule has 2 aromatic carbocycles. The van der Waals surface area contributed by atoms with E-state index >= 15 is 0 Å². The summed E-state index contributed by atoms with van der Waals surface area (Å²) >= 11 is 5.90. The summed E-state index contributed by atoms with van der Waals surface area (Å²) in [6.07, 6.45) is 3.13. The lowest BCUT2D eigenvalue weighted by molar-refractivity contribution is -0.142. The van der Waals surface area contributed by atoms with E-state index in [1.807, 2.05) is 37.3 Å². The second-order valence-electron chi connectivity index (χ2n) is 7.13. The van der Waals surface area contributed by atoms with Crippen LogP contribution in [0.15, 0.2) is 54.6 Å². The summed E-state index contributed by atoms with van der Waals surface area (Å²) in [4.78, 5) is 27.4. The zero-order valence-electron chi connectivity index (χ0n) is 17.8. The maximum atomic E-state index is 13.0. The van der Waals surface area contributed by atoms with Gasteiger partial charge >= 0.3 is 0 Å². The summed E-state index contributed by atoms with van der Waals surface area (Å²) < 4.78 is 5.65. The Morgan fingerprint density at radius 1 is 1.07 bits per heavy atom. The number of ether oxygens (including phenoxy) is 1. The van der Waals surface area contributed by atoms with E-state index in [2.05, 4.69) is 12.2 Å². The van der Waals surface area contributed by atoms with Gasteiger partial charge in [-0.2, -0.15) is 0 Å². The van der Waals surface area contributed by atoms with Crippen LogP contribution in [0.2, 0.25) is 5.02 Å². The summed E-state index contributed by atoms with van der Waals surface area (Å²) in [5.41, 5.74) is 1.12. The Morgan fingerprint density at radius 3 is 2.40 bits per heavy atom. The molecule has 0 spiro atoms. The van der Waals surface area contributed by atoms with E-state index in [-0.39, 0.29) is 18.4 Å². The molecule has 0 fully saturated rings. The van der Waals surface area contributed by atoms with Crippen LogP contribution < -0.4 is 10.1 Å². The number of halogens is 1. The quantitative estimate of drug-likeness (QED) is 0.505. The van der Waals surface area contributed by atoms with Crippen LogP contribution in [0.3, 0.4) is 0 Å². The van der Waals surface area contributed by atoms with Gasteiger partial charge in [0.15, 0.2) is 6.61 Å². The number of nitrogens with one attached hydrogen (secondary N) is 1. The van der Waals surface area contributed by atoms with Gasteiger partial charge in [0.05, 0.1) is 0 Å². The average Bonchev–Trinajstić information content (AvgIpc) is 2.76. The molecule has 0 aliphatic carbocycles. The van der Waals surface area contributed by atoms with Gasteiger partial charge in [0, 0.05) is 18.1 Å². The summed E-state index contributed by atoms with van der Waals surface area (Å²) in [5.74, 6) is 0.244. The second-order valence-corrected chi connectivity index (χ2v) is 7.57. The van der Waals surface area contributed by atoms with E-state index in [9.17, 15) is 9.59 Å². The molecule has 5 nitrogen and oxygen atoms in total. The standard InChI is InChI=1S/C24H31ClN2O3/c1-3-5-16-26-24(29)22(4-2)27(17-15-19-9-7-6-8-10-19)23(28)18-30-21-13-11-20(25)12-14-21/h6-14,22H,3-5,15-18H2,1-2H3,(H,26,29). The molecule has 162 valence electrons. The number of carbonyl (C=O) groups excluding carboxylic acids is 2. The first-order valence-corrected chi connectivity index (χ1v) is 10.9. The van der Waals surface area contributed by atoms with Gasteiger partial charge in [-0.3, -0.25) is 9.59 Å². The van der Waals surface area contributed by atoms with Gasteiger partial charge in [-0.05, 0) is 49.1 Å². The molecule has 1 N–H and O–H groups in total. The Kier molecular flexibility index (Phi) is 10.2. The van der Waals surface area contributed by atoms with Gasteiger partial charge in [0.25, 0.3) is 5.91 Å². The number of hydrogen-bond acceptors (Lipinski definition) is 3. The molecule has 1 unspecified atom stereocenters. The van der Waals surface area contributed by atoms with Gasteiger partial charge in [-0.25, -0.2) is 0 Å². The average molecular weight is 431 g/mol. The molecule has 2 rings (SSSR count). The number of rotatable bonds is 12. The molecule has 0 aliphatic rings. The van der Waals surface area contributed by atoms with Crippen molar-refractivity contribution < 1.29 is 14.3 Å². The molecule has 2 amide bonds. The van der Waals surface area contributed by atoms with Crippen LogP contribution in [-0.4, -0.2) is 42.5 Å². The zero-order chi connectivity index (χ0) is 21.8. The van der Waals surface area contributed by atoms with Crippen LogP contribution in [0.1, 0.15) is 38.7 Å². The van der Waals surface area contributed by atoms with Crippen molar-refractivity contribution in [3.05, 3.63) is 65.2 Å². The van der Waals surface area contributed by atoms with Crippen LogP contribution in [0.5, 0.6) is 5.75 Å². The first kappa shape index (κ1) is 23.7. The third kappa shape index (κ3) is 7.71. The van der Waals surface area contributed by atoms with E-state index in [1.165, 1.54) is 0 Å². The molecule has 0 bridgehead atoms. The normalized spacial score (nSPS) is 11.6. The van der Waals surface area contributed by atoms with E-state index < -0.39 is 6.04 Å². The van der Waals surface area contributed by atoms with Crippen LogP contribution in [0, 0.1) is 0 Å². The summed E-state index contributed by atoms with van der Waals surface area (Å²) in [5, 5.41) is 3.56. The highest BCUT2D eigenvalue weighted by atomic mass is 35.5. The number of benzene rings is 2. The van der Waals surface area contributed by atoms with Crippen molar-refractivity contribution in [2.24, 2.45) is 0 Å². The maximum absolute atomic E-state index is 13.0. The van der Waals surface area contributed by atoms with Crippen molar-refractivity contribution in [1.82, 2.24) is 10.2 Å². The van der Waals surface area contributed by atoms with Crippen LogP contribution in [0.4, 0.5) is 0 Å². The SMILES string of the molecule is CCCCNC(=O)C(CC)N(CCc1ccccc1)C(=O)COc1ccc(Cl)cc1. The molecule has 0 heterocycles. The van der Waals surface area contributed by atoms with Gasteiger partial charge in [0.2, 0.25) is 5.91 Å². The Morgan fingerprint density at radius 2 is 1.77 bits per heavy atom. The molecular formula is C24H31ClN2O3. The lowest BCUT2D eigenvalue weighted by atomic mass is 10.1. The Balaban J connectivity index is 2.08. The first-order chi connectivity index (χ1) is 14.5. The predicted molar refractivity (Wildman–Crippen MR) is 121 cm³/mol. The first-order valence-electron chi connectivity index (χ1n) is 10.5. The van der Waals surface area contributed by atoms with E-state index in [0.717, 1.165) is 18.4 Å². The van der Waals surface area contributed by atoms with E-state index in [0.29, 0.717) is 36.7 Å². The van der Waals surface area contributed by atoms with Crippen molar-refractivity contribution in [2.45, 2.75) is 45.6 Å². The Bertz CT molecular complexity index is 781. The molecule has 0 aliphatic heterocycles. The highest BCUT2D eigenvalue weighted by Crippen LogP contribution is 2.16. The molecule has 0 saturated heterocycles. The Hall–Kier alpha value is -2.53. The van der Waals surface area contributed by atoms with Gasteiger partial charge < -0.3 is 15.0 Å². The van der Waals surface area contributed by atoms with E-state index in [1.54, 1.807) is 29.2 Å². The molecule has 1 atom stereocenters. The van der Waals surface area contributed by atoms with Crippen LogP contribution >= 0.6 is 11.6 Å². The predicted octanol–water partition coefficient (Wildman–Crippen LogP) is 4.49. The fourth-order valence-electron chi connectivity index (χ4n) is 3.16. The highest BCUT2D eigenvalue weighted by molar-refractivity contribution is 6.30. The highest BCUT2D eigenvalue weighted by Gasteiger charge is 2.28. The third-order valence-corrected chi connectivity index (χ3v) is 5.13. The largest absolute Gasteiger partial charge is 0.484 e. The maximum Gasteiger partial charge on any atom is 0.261 e. The molecular weight excluding hydrogens is 400 g/mol. The van der Waals surface area contributed by atoms with Crippen molar-refractivity contribution in [3.63, 3.8) is 0 Å². The monoisotopic (exact) mass is 430 g/mol. The lowest BCUT2D eigenvalue weighted by Crippen LogP contribution is -2.51. The topological polar surface area (TPSA) is 58.6 Å². The number of hydrogen-bond donors (Lipinski definition) is 1. The Labute approximate surface area is 184 Å².